The second-order valence-electron chi connectivity index (χ2n) is 3.31. The SMILES string of the molecule is OCc1cncc(Oc2cc(Cl)c(Br)cc2Cl)n1. The average Bonchev–Trinajstić information content (AvgIpc) is 2.36. The van der Waals surface area contributed by atoms with Crippen LogP contribution >= 0.6 is 39.1 Å². The van der Waals surface area contributed by atoms with Crippen LogP contribution in [0.5, 0.6) is 11.6 Å². The topological polar surface area (TPSA) is 55.2 Å². The Hall–Kier alpha value is -0.880. The van der Waals surface area contributed by atoms with E-state index in [4.69, 9.17) is 33.0 Å². The summed E-state index contributed by atoms with van der Waals surface area (Å²) in [6.45, 7) is -0.209. The van der Waals surface area contributed by atoms with E-state index in [-0.39, 0.29) is 12.5 Å². The van der Waals surface area contributed by atoms with Crippen molar-refractivity contribution in [2.24, 2.45) is 0 Å². The van der Waals surface area contributed by atoms with E-state index < -0.39 is 0 Å². The van der Waals surface area contributed by atoms with Crippen molar-refractivity contribution in [3.63, 3.8) is 0 Å². The number of benzene rings is 1. The number of halogens is 3. The molecule has 1 aromatic heterocycles. The standard InChI is InChI=1S/C11H7BrCl2N2O2/c12-7-1-9(14)10(2-8(7)13)18-11-4-15-3-6(5-17)16-11/h1-4,17H,5H2. The van der Waals surface area contributed by atoms with Gasteiger partial charge in [0, 0.05) is 10.5 Å². The summed E-state index contributed by atoms with van der Waals surface area (Å²) in [5.74, 6) is 0.607. The van der Waals surface area contributed by atoms with Gasteiger partial charge in [-0.1, -0.05) is 23.2 Å². The van der Waals surface area contributed by atoms with Crippen LogP contribution in [0.15, 0.2) is 29.0 Å². The third-order valence-corrected chi connectivity index (χ3v) is 3.51. The lowest BCUT2D eigenvalue weighted by atomic mass is 10.3. The van der Waals surface area contributed by atoms with E-state index in [9.17, 15) is 0 Å². The number of hydrogen-bond donors (Lipinski definition) is 1. The zero-order valence-corrected chi connectivity index (χ0v) is 12.0. The molecule has 2 rings (SSSR count). The summed E-state index contributed by atoms with van der Waals surface area (Å²) in [4.78, 5) is 7.92. The van der Waals surface area contributed by atoms with Gasteiger partial charge < -0.3 is 9.84 Å². The van der Waals surface area contributed by atoms with Crippen LogP contribution in [0.1, 0.15) is 5.69 Å². The fraction of sp³-hybridized carbons (Fsp3) is 0.0909. The molecule has 1 heterocycles. The van der Waals surface area contributed by atoms with Crippen molar-refractivity contribution in [2.45, 2.75) is 6.61 Å². The molecular formula is C11H7BrCl2N2O2. The number of hydrogen-bond acceptors (Lipinski definition) is 4. The molecule has 0 fully saturated rings. The molecule has 0 aliphatic heterocycles. The highest BCUT2D eigenvalue weighted by atomic mass is 79.9. The van der Waals surface area contributed by atoms with Crippen LogP contribution in [0, 0.1) is 0 Å². The van der Waals surface area contributed by atoms with Gasteiger partial charge in [-0.25, -0.2) is 4.98 Å². The van der Waals surface area contributed by atoms with Crippen LogP contribution in [0.4, 0.5) is 0 Å². The van der Waals surface area contributed by atoms with Crippen molar-refractivity contribution < 1.29 is 9.84 Å². The first kappa shape index (κ1) is 13.5. The van der Waals surface area contributed by atoms with E-state index in [1.165, 1.54) is 12.4 Å². The largest absolute Gasteiger partial charge is 0.436 e. The normalized spacial score (nSPS) is 10.4. The number of aromatic nitrogens is 2. The van der Waals surface area contributed by atoms with Gasteiger partial charge >= 0.3 is 0 Å². The molecule has 0 saturated heterocycles. The van der Waals surface area contributed by atoms with Crippen molar-refractivity contribution in [3.05, 3.63) is 44.7 Å². The van der Waals surface area contributed by atoms with Crippen molar-refractivity contribution in [3.8, 4) is 11.6 Å². The molecule has 1 N–H and O–H groups in total. The molecular weight excluding hydrogens is 343 g/mol. The third kappa shape index (κ3) is 3.11. The van der Waals surface area contributed by atoms with Gasteiger partial charge in [-0.15, -0.1) is 0 Å². The van der Waals surface area contributed by atoms with Gasteiger partial charge in [0.05, 0.1) is 34.7 Å². The smallest absolute Gasteiger partial charge is 0.238 e. The van der Waals surface area contributed by atoms with Crippen LogP contribution in [0.3, 0.4) is 0 Å². The zero-order valence-electron chi connectivity index (χ0n) is 8.90. The van der Waals surface area contributed by atoms with E-state index in [0.29, 0.717) is 26.0 Å². The Kier molecular flexibility index (Phi) is 4.40. The van der Waals surface area contributed by atoms with E-state index in [0.717, 1.165) is 0 Å². The van der Waals surface area contributed by atoms with Gasteiger partial charge in [-0.05, 0) is 22.0 Å². The number of aliphatic hydroxyl groups excluding tert-OH is 1. The monoisotopic (exact) mass is 348 g/mol. The van der Waals surface area contributed by atoms with Gasteiger partial charge in [-0.3, -0.25) is 4.98 Å². The van der Waals surface area contributed by atoms with Crippen LogP contribution in [0.2, 0.25) is 10.0 Å². The van der Waals surface area contributed by atoms with E-state index in [1.54, 1.807) is 12.1 Å². The van der Waals surface area contributed by atoms with E-state index in [1.807, 2.05) is 0 Å². The summed E-state index contributed by atoms with van der Waals surface area (Å²) in [7, 11) is 0. The van der Waals surface area contributed by atoms with Crippen LogP contribution in [0.25, 0.3) is 0 Å². The van der Waals surface area contributed by atoms with Gasteiger partial charge in [0.15, 0.2) is 0 Å². The molecule has 4 nitrogen and oxygen atoms in total. The Morgan fingerprint density at radius 3 is 2.72 bits per heavy atom. The molecule has 0 unspecified atom stereocenters. The first-order valence-electron chi connectivity index (χ1n) is 4.84. The summed E-state index contributed by atoms with van der Waals surface area (Å²) < 4.78 is 6.14. The molecule has 0 atom stereocenters. The number of ether oxygens (including phenoxy) is 1. The minimum Gasteiger partial charge on any atom is -0.436 e. The fourth-order valence-electron chi connectivity index (χ4n) is 1.21. The van der Waals surface area contributed by atoms with Crippen molar-refractivity contribution in [1.29, 1.82) is 0 Å². The molecule has 0 spiro atoms. The summed E-state index contributed by atoms with van der Waals surface area (Å²) in [5, 5.41) is 9.82. The highest BCUT2D eigenvalue weighted by Gasteiger charge is 2.09. The van der Waals surface area contributed by atoms with Gasteiger partial charge in [0.2, 0.25) is 5.88 Å². The predicted octanol–water partition coefficient (Wildman–Crippen LogP) is 3.83. The quantitative estimate of drug-likeness (QED) is 0.855. The molecule has 0 amide bonds. The van der Waals surface area contributed by atoms with Crippen molar-refractivity contribution in [2.75, 3.05) is 0 Å². The molecule has 0 saturated carbocycles. The van der Waals surface area contributed by atoms with Crippen LogP contribution in [-0.4, -0.2) is 15.1 Å². The van der Waals surface area contributed by atoms with Crippen LogP contribution in [-0.2, 0) is 6.61 Å². The predicted molar refractivity (Wildman–Crippen MR) is 72.2 cm³/mol. The Balaban J connectivity index is 2.30. The maximum Gasteiger partial charge on any atom is 0.238 e. The molecule has 1 aromatic carbocycles. The molecule has 0 bridgehead atoms. The molecule has 7 heteroatoms. The second kappa shape index (κ2) is 5.84. The highest BCUT2D eigenvalue weighted by Crippen LogP contribution is 2.35. The molecule has 2 aromatic rings. The molecule has 0 aliphatic carbocycles. The van der Waals surface area contributed by atoms with E-state index >= 15 is 0 Å². The number of aliphatic hydroxyl groups is 1. The summed E-state index contributed by atoms with van der Waals surface area (Å²) in [6, 6.07) is 3.20. The Morgan fingerprint density at radius 1 is 1.22 bits per heavy atom. The molecule has 94 valence electrons. The number of nitrogens with zero attached hydrogens (tertiary/aromatic N) is 2. The minimum absolute atomic E-state index is 0.209. The Labute approximate surface area is 122 Å². The maximum absolute atomic E-state index is 8.95. The first-order valence-corrected chi connectivity index (χ1v) is 6.39. The second-order valence-corrected chi connectivity index (χ2v) is 4.97. The van der Waals surface area contributed by atoms with Gasteiger partial charge in [-0.2, -0.15) is 0 Å². The van der Waals surface area contributed by atoms with Crippen molar-refractivity contribution in [1.82, 2.24) is 9.97 Å². The third-order valence-electron chi connectivity index (χ3n) is 2.01. The van der Waals surface area contributed by atoms with Gasteiger partial charge in [0.1, 0.15) is 5.75 Å². The Morgan fingerprint density at radius 2 is 2.00 bits per heavy atom. The summed E-state index contributed by atoms with van der Waals surface area (Å²) >= 11 is 15.2. The summed E-state index contributed by atoms with van der Waals surface area (Å²) in [5.41, 5.74) is 0.409. The number of rotatable bonds is 3. The highest BCUT2D eigenvalue weighted by molar-refractivity contribution is 9.10. The molecule has 0 aliphatic rings. The maximum atomic E-state index is 8.95. The summed E-state index contributed by atoms with van der Waals surface area (Å²) in [6.07, 6.45) is 2.87. The van der Waals surface area contributed by atoms with Crippen LogP contribution < -0.4 is 4.74 Å². The lowest BCUT2D eigenvalue weighted by Crippen LogP contribution is -1.95. The van der Waals surface area contributed by atoms with Crippen molar-refractivity contribution >= 4 is 39.1 Å². The minimum atomic E-state index is -0.209. The average molecular weight is 350 g/mol. The first-order chi connectivity index (χ1) is 8.60. The Bertz CT molecular complexity index is 581. The lowest BCUT2D eigenvalue weighted by molar-refractivity contribution is 0.274. The van der Waals surface area contributed by atoms with E-state index in [2.05, 4.69) is 25.9 Å². The molecule has 0 radical (unpaired) electrons. The molecule has 18 heavy (non-hydrogen) atoms. The zero-order chi connectivity index (χ0) is 13.1. The van der Waals surface area contributed by atoms with Gasteiger partial charge in [0.25, 0.3) is 0 Å². The fourth-order valence-corrected chi connectivity index (χ4v) is 2.04. The lowest BCUT2D eigenvalue weighted by Gasteiger charge is -2.08.